The highest BCUT2D eigenvalue weighted by molar-refractivity contribution is 7.09. The molecular weight excluding hydrogens is 268 g/mol. The van der Waals surface area contributed by atoms with Crippen LogP contribution < -0.4 is 5.32 Å². The maximum absolute atomic E-state index is 11.8. The van der Waals surface area contributed by atoms with Gasteiger partial charge in [0.2, 0.25) is 0 Å². The average molecular weight is 281 g/mol. The molecule has 1 N–H and O–H groups in total. The van der Waals surface area contributed by atoms with Crippen molar-refractivity contribution in [3.63, 3.8) is 0 Å². The second-order valence-electron chi connectivity index (χ2n) is 3.87. The van der Waals surface area contributed by atoms with Gasteiger partial charge in [-0.1, -0.05) is 23.7 Å². The van der Waals surface area contributed by atoms with Crippen LogP contribution in [0.4, 0.5) is 0 Å². The van der Waals surface area contributed by atoms with Crippen LogP contribution in [0.15, 0.2) is 29.6 Å². The van der Waals surface area contributed by atoms with Crippen LogP contribution in [0.2, 0.25) is 5.02 Å². The minimum atomic E-state index is -0.145. The number of aromatic nitrogens is 1. The summed E-state index contributed by atoms with van der Waals surface area (Å²) in [6.07, 6.45) is 0.745. The number of rotatable bonds is 4. The first-order chi connectivity index (χ1) is 8.66. The molecule has 0 aliphatic rings. The first kappa shape index (κ1) is 13.1. The Hall–Kier alpha value is -1.39. The lowest BCUT2D eigenvalue weighted by molar-refractivity contribution is 0.0954. The van der Waals surface area contributed by atoms with Gasteiger partial charge in [0.1, 0.15) is 0 Å². The number of benzene rings is 1. The van der Waals surface area contributed by atoms with Crippen molar-refractivity contribution in [2.75, 3.05) is 6.54 Å². The van der Waals surface area contributed by atoms with Crippen LogP contribution in [-0.4, -0.2) is 17.4 Å². The second kappa shape index (κ2) is 5.98. The SMILES string of the molecule is Cc1csc(CCNC(=O)c2ccccc2Cl)n1. The molecule has 0 saturated carbocycles. The Bertz CT molecular complexity index is 553. The summed E-state index contributed by atoms with van der Waals surface area (Å²) in [6.45, 7) is 2.53. The van der Waals surface area contributed by atoms with Crippen LogP contribution in [0, 0.1) is 6.92 Å². The molecule has 1 heterocycles. The van der Waals surface area contributed by atoms with Gasteiger partial charge in [-0.15, -0.1) is 11.3 Å². The van der Waals surface area contributed by atoms with E-state index in [1.54, 1.807) is 35.6 Å². The predicted molar refractivity (Wildman–Crippen MR) is 74.3 cm³/mol. The minimum Gasteiger partial charge on any atom is -0.352 e. The number of nitrogens with zero attached hydrogens (tertiary/aromatic N) is 1. The van der Waals surface area contributed by atoms with Gasteiger partial charge in [-0.05, 0) is 19.1 Å². The van der Waals surface area contributed by atoms with Gasteiger partial charge < -0.3 is 5.32 Å². The molecule has 2 aromatic rings. The topological polar surface area (TPSA) is 42.0 Å². The molecule has 0 bridgehead atoms. The number of carbonyl (C=O) groups is 1. The zero-order chi connectivity index (χ0) is 13.0. The number of hydrogen-bond donors (Lipinski definition) is 1. The third-order valence-electron chi connectivity index (χ3n) is 2.41. The Balaban J connectivity index is 1.87. The highest BCUT2D eigenvalue weighted by Crippen LogP contribution is 2.14. The Morgan fingerprint density at radius 3 is 2.89 bits per heavy atom. The van der Waals surface area contributed by atoms with Crippen molar-refractivity contribution >= 4 is 28.8 Å². The third-order valence-corrected chi connectivity index (χ3v) is 3.77. The highest BCUT2D eigenvalue weighted by atomic mass is 35.5. The van der Waals surface area contributed by atoms with E-state index in [1.807, 2.05) is 12.3 Å². The van der Waals surface area contributed by atoms with Gasteiger partial charge in [0.25, 0.3) is 5.91 Å². The lowest BCUT2D eigenvalue weighted by Crippen LogP contribution is -2.25. The lowest BCUT2D eigenvalue weighted by atomic mass is 10.2. The molecule has 5 heteroatoms. The minimum absolute atomic E-state index is 0.145. The summed E-state index contributed by atoms with van der Waals surface area (Å²) in [5.74, 6) is -0.145. The van der Waals surface area contributed by atoms with E-state index in [1.165, 1.54) is 0 Å². The van der Waals surface area contributed by atoms with Crippen LogP contribution in [-0.2, 0) is 6.42 Å². The smallest absolute Gasteiger partial charge is 0.252 e. The molecule has 1 aromatic carbocycles. The Labute approximate surface area is 115 Å². The van der Waals surface area contributed by atoms with Gasteiger partial charge in [-0.2, -0.15) is 0 Å². The fourth-order valence-corrected chi connectivity index (χ4v) is 2.54. The van der Waals surface area contributed by atoms with Crippen molar-refractivity contribution in [1.29, 1.82) is 0 Å². The quantitative estimate of drug-likeness (QED) is 0.935. The average Bonchev–Trinajstić information content (AvgIpc) is 2.75. The molecule has 1 aromatic heterocycles. The standard InChI is InChI=1S/C13H13ClN2OS/c1-9-8-18-12(16-9)6-7-15-13(17)10-4-2-3-5-11(10)14/h2-5,8H,6-7H2,1H3,(H,15,17). The maximum Gasteiger partial charge on any atom is 0.252 e. The van der Waals surface area contributed by atoms with Crippen molar-refractivity contribution in [2.45, 2.75) is 13.3 Å². The van der Waals surface area contributed by atoms with E-state index >= 15 is 0 Å². The summed E-state index contributed by atoms with van der Waals surface area (Å²) in [6, 6.07) is 7.02. The number of halogens is 1. The summed E-state index contributed by atoms with van der Waals surface area (Å²) in [5, 5.41) is 6.35. The molecule has 0 radical (unpaired) electrons. The fourth-order valence-electron chi connectivity index (χ4n) is 1.54. The Morgan fingerprint density at radius 1 is 1.44 bits per heavy atom. The molecule has 0 saturated heterocycles. The van der Waals surface area contributed by atoms with E-state index in [-0.39, 0.29) is 5.91 Å². The van der Waals surface area contributed by atoms with Crippen molar-refractivity contribution < 1.29 is 4.79 Å². The van der Waals surface area contributed by atoms with Crippen LogP contribution in [0.25, 0.3) is 0 Å². The van der Waals surface area contributed by atoms with Crippen molar-refractivity contribution in [1.82, 2.24) is 10.3 Å². The monoisotopic (exact) mass is 280 g/mol. The largest absolute Gasteiger partial charge is 0.352 e. The number of nitrogens with one attached hydrogen (secondary N) is 1. The van der Waals surface area contributed by atoms with E-state index in [2.05, 4.69) is 10.3 Å². The summed E-state index contributed by atoms with van der Waals surface area (Å²) in [4.78, 5) is 16.2. The molecule has 3 nitrogen and oxygen atoms in total. The summed E-state index contributed by atoms with van der Waals surface area (Å²) < 4.78 is 0. The zero-order valence-corrected chi connectivity index (χ0v) is 11.5. The van der Waals surface area contributed by atoms with Gasteiger partial charge in [-0.25, -0.2) is 4.98 Å². The normalized spacial score (nSPS) is 10.3. The molecule has 0 atom stereocenters. The van der Waals surface area contributed by atoms with E-state index < -0.39 is 0 Å². The van der Waals surface area contributed by atoms with Crippen LogP contribution >= 0.6 is 22.9 Å². The Kier molecular flexibility index (Phi) is 4.33. The lowest BCUT2D eigenvalue weighted by Gasteiger charge is -2.05. The van der Waals surface area contributed by atoms with Gasteiger partial charge in [0, 0.05) is 24.0 Å². The molecule has 0 aliphatic heterocycles. The summed E-state index contributed by atoms with van der Waals surface area (Å²) >= 11 is 7.56. The van der Waals surface area contributed by atoms with Crippen molar-refractivity contribution in [2.24, 2.45) is 0 Å². The molecular formula is C13H13ClN2OS. The van der Waals surface area contributed by atoms with Crippen molar-refractivity contribution in [3.05, 3.63) is 50.9 Å². The van der Waals surface area contributed by atoms with E-state index in [4.69, 9.17) is 11.6 Å². The Morgan fingerprint density at radius 2 is 2.22 bits per heavy atom. The predicted octanol–water partition coefficient (Wildman–Crippen LogP) is 3.08. The number of aryl methyl sites for hydroxylation is 1. The number of amides is 1. The van der Waals surface area contributed by atoms with E-state index in [9.17, 15) is 4.79 Å². The van der Waals surface area contributed by atoms with Gasteiger partial charge in [-0.3, -0.25) is 4.79 Å². The molecule has 0 unspecified atom stereocenters. The van der Waals surface area contributed by atoms with Gasteiger partial charge >= 0.3 is 0 Å². The molecule has 0 spiro atoms. The fraction of sp³-hybridized carbons (Fsp3) is 0.231. The van der Waals surface area contributed by atoms with Crippen molar-refractivity contribution in [3.8, 4) is 0 Å². The van der Waals surface area contributed by atoms with Crippen LogP contribution in [0.3, 0.4) is 0 Å². The molecule has 0 fully saturated rings. The molecule has 1 amide bonds. The molecule has 2 rings (SSSR count). The maximum atomic E-state index is 11.8. The summed E-state index contributed by atoms with van der Waals surface area (Å²) in [7, 11) is 0. The zero-order valence-electron chi connectivity index (χ0n) is 9.94. The van der Waals surface area contributed by atoms with Gasteiger partial charge in [0.15, 0.2) is 0 Å². The van der Waals surface area contributed by atoms with Crippen LogP contribution in [0.1, 0.15) is 21.1 Å². The number of hydrogen-bond acceptors (Lipinski definition) is 3. The molecule has 94 valence electrons. The molecule has 0 aliphatic carbocycles. The number of carbonyl (C=O) groups excluding carboxylic acids is 1. The second-order valence-corrected chi connectivity index (χ2v) is 5.22. The van der Waals surface area contributed by atoms with Gasteiger partial charge in [0.05, 0.1) is 15.6 Å². The highest BCUT2D eigenvalue weighted by Gasteiger charge is 2.08. The van der Waals surface area contributed by atoms with Crippen LogP contribution in [0.5, 0.6) is 0 Å². The summed E-state index contributed by atoms with van der Waals surface area (Å²) in [5.41, 5.74) is 1.53. The van der Waals surface area contributed by atoms with E-state index in [0.717, 1.165) is 17.1 Å². The molecule has 18 heavy (non-hydrogen) atoms. The first-order valence-electron chi connectivity index (χ1n) is 5.60. The number of thiazole rings is 1. The van der Waals surface area contributed by atoms with E-state index in [0.29, 0.717) is 17.1 Å². The third kappa shape index (κ3) is 3.31. The first-order valence-corrected chi connectivity index (χ1v) is 6.86.